The Labute approximate surface area is 96.8 Å². The number of nitrogens with one attached hydrogen (secondary N) is 1. The number of aliphatic carboxylic acids is 1. The minimum absolute atomic E-state index is 0.318. The molecule has 0 aromatic carbocycles. The van der Waals surface area contributed by atoms with Crippen molar-refractivity contribution in [3.05, 3.63) is 0 Å². The number of carboxylic acid groups (broad SMARTS) is 1. The summed E-state index contributed by atoms with van der Waals surface area (Å²) in [7, 11) is -0.227. The smallest absolute Gasteiger partial charge is 0.319 e. The molecule has 0 aliphatic carbocycles. The molecular weight excluding hydrogens is 234 g/mol. The van der Waals surface area contributed by atoms with E-state index in [0.717, 1.165) is 0 Å². The van der Waals surface area contributed by atoms with Crippen molar-refractivity contribution < 1.29 is 23.6 Å². The van der Waals surface area contributed by atoms with Crippen LogP contribution in [0.4, 0.5) is 0 Å². The first kappa shape index (κ1) is 15.0. The van der Waals surface area contributed by atoms with Gasteiger partial charge in [-0.05, 0) is 13.8 Å². The van der Waals surface area contributed by atoms with Crippen LogP contribution in [-0.2, 0) is 25.1 Å². The number of carbonyl (C=O) groups excluding carboxylic acids is 1. The van der Waals surface area contributed by atoms with Gasteiger partial charge in [0.15, 0.2) is 0 Å². The summed E-state index contributed by atoms with van der Waals surface area (Å²) < 4.78 is 16.3. The van der Waals surface area contributed by atoms with E-state index in [0.29, 0.717) is 13.2 Å². The molecule has 0 fully saturated rings. The van der Waals surface area contributed by atoms with Gasteiger partial charge in [-0.3, -0.25) is 13.8 Å². The third kappa shape index (κ3) is 4.71. The lowest BCUT2D eigenvalue weighted by Crippen LogP contribution is -2.41. The van der Waals surface area contributed by atoms with Gasteiger partial charge < -0.3 is 15.2 Å². The number of amides is 1. The van der Waals surface area contributed by atoms with Gasteiger partial charge in [-0.15, -0.1) is 0 Å². The SMILES string of the molecule is COCCNC(=O)C(C)S(=O)C(C)C(=O)O. The van der Waals surface area contributed by atoms with E-state index in [1.165, 1.54) is 21.0 Å². The molecule has 0 rings (SSSR count). The minimum atomic E-state index is -1.73. The Kier molecular flexibility index (Phi) is 6.91. The highest BCUT2D eigenvalue weighted by Crippen LogP contribution is 2.04. The average Bonchev–Trinajstić information content (AvgIpc) is 2.26. The van der Waals surface area contributed by atoms with Crippen LogP contribution >= 0.6 is 0 Å². The van der Waals surface area contributed by atoms with Crippen molar-refractivity contribution in [2.45, 2.75) is 24.3 Å². The fourth-order valence-electron chi connectivity index (χ4n) is 0.931. The van der Waals surface area contributed by atoms with Gasteiger partial charge in [0, 0.05) is 24.5 Å². The standard InChI is InChI=1S/C9H17NO5S/c1-6(8(11)10-4-5-15-3)16(14)7(2)9(12)13/h6-7H,4-5H2,1-3H3,(H,10,11)(H,12,13). The summed E-state index contributed by atoms with van der Waals surface area (Å²) in [4.78, 5) is 22.0. The summed E-state index contributed by atoms with van der Waals surface area (Å²) in [6.45, 7) is 3.44. The van der Waals surface area contributed by atoms with E-state index < -0.39 is 33.2 Å². The van der Waals surface area contributed by atoms with Crippen molar-refractivity contribution in [3.8, 4) is 0 Å². The molecule has 6 nitrogen and oxygen atoms in total. The number of ether oxygens (including phenoxy) is 1. The molecule has 3 unspecified atom stereocenters. The van der Waals surface area contributed by atoms with Crippen molar-refractivity contribution in [2.75, 3.05) is 20.3 Å². The molecular formula is C9H17NO5S. The molecule has 7 heteroatoms. The van der Waals surface area contributed by atoms with Gasteiger partial charge in [-0.25, -0.2) is 0 Å². The van der Waals surface area contributed by atoms with Crippen LogP contribution < -0.4 is 5.32 Å². The second kappa shape index (κ2) is 7.34. The first-order chi connectivity index (χ1) is 7.41. The minimum Gasteiger partial charge on any atom is -0.480 e. The van der Waals surface area contributed by atoms with Crippen molar-refractivity contribution in [2.24, 2.45) is 0 Å². The average molecular weight is 251 g/mol. The molecule has 0 bridgehead atoms. The Bertz CT molecular complexity index is 281. The third-order valence-electron chi connectivity index (χ3n) is 2.02. The van der Waals surface area contributed by atoms with Gasteiger partial charge in [0.05, 0.1) is 6.61 Å². The highest BCUT2D eigenvalue weighted by atomic mass is 32.2. The lowest BCUT2D eigenvalue weighted by molar-refractivity contribution is -0.136. The number of methoxy groups -OCH3 is 1. The molecule has 0 aromatic heterocycles. The van der Waals surface area contributed by atoms with Crippen LogP contribution in [0.3, 0.4) is 0 Å². The van der Waals surface area contributed by atoms with Gasteiger partial charge >= 0.3 is 5.97 Å². The zero-order valence-corrected chi connectivity index (χ0v) is 10.4. The molecule has 94 valence electrons. The van der Waals surface area contributed by atoms with Crippen molar-refractivity contribution in [1.82, 2.24) is 5.32 Å². The molecule has 0 saturated heterocycles. The fourth-order valence-corrected chi connectivity index (χ4v) is 2.04. The molecule has 0 aromatic rings. The lowest BCUT2D eigenvalue weighted by atomic mass is 10.4. The van der Waals surface area contributed by atoms with Gasteiger partial charge in [-0.1, -0.05) is 0 Å². The summed E-state index contributed by atoms with van der Waals surface area (Å²) in [5.41, 5.74) is 0. The Morgan fingerprint density at radius 3 is 2.38 bits per heavy atom. The van der Waals surface area contributed by atoms with Gasteiger partial charge in [0.1, 0.15) is 10.5 Å². The monoisotopic (exact) mass is 251 g/mol. The van der Waals surface area contributed by atoms with E-state index in [1.807, 2.05) is 0 Å². The van der Waals surface area contributed by atoms with Gasteiger partial charge in [0.2, 0.25) is 5.91 Å². The van der Waals surface area contributed by atoms with Crippen LogP contribution in [0.25, 0.3) is 0 Å². The van der Waals surface area contributed by atoms with Crippen LogP contribution in [0.5, 0.6) is 0 Å². The maximum absolute atomic E-state index is 11.6. The Balaban J connectivity index is 4.22. The normalized spacial score (nSPS) is 16.2. The first-order valence-corrected chi connectivity index (χ1v) is 6.08. The molecule has 3 atom stereocenters. The van der Waals surface area contributed by atoms with Gasteiger partial charge in [0.25, 0.3) is 0 Å². The highest BCUT2D eigenvalue weighted by molar-refractivity contribution is 7.87. The number of carbonyl (C=O) groups is 2. The van der Waals surface area contributed by atoms with Crippen molar-refractivity contribution in [3.63, 3.8) is 0 Å². The topological polar surface area (TPSA) is 92.7 Å². The summed E-state index contributed by atoms with van der Waals surface area (Å²) in [5, 5.41) is 9.26. The Morgan fingerprint density at radius 1 is 1.38 bits per heavy atom. The molecule has 0 heterocycles. The van der Waals surface area contributed by atoms with Crippen molar-refractivity contribution in [1.29, 1.82) is 0 Å². The third-order valence-corrected chi connectivity index (χ3v) is 3.83. The van der Waals surface area contributed by atoms with Crippen LogP contribution in [0.2, 0.25) is 0 Å². The summed E-state index contributed by atoms with van der Waals surface area (Å²) >= 11 is 0. The van der Waals surface area contributed by atoms with Crippen LogP contribution in [0.1, 0.15) is 13.8 Å². The number of hydrogen-bond acceptors (Lipinski definition) is 4. The first-order valence-electron chi connectivity index (χ1n) is 4.80. The Morgan fingerprint density at radius 2 is 1.94 bits per heavy atom. The second-order valence-corrected chi connectivity index (χ2v) is 5.31. The highest BCUT2D eigenvalue weighted by Gasteiger charge is 2.28. The molecule has 0 radical (unpaired) electrons. The van der Waals surface area contributed by atoms with E-state index in [2.05, 4.69) is 5.32 Å². The van der Waals surface area contributed by atoms with Crippen LogP contribution in [0, 0.1) is 0 Å². The van der Waals surface area contributed by atoms with Crippen LogP contribution in [0.15, 0.2) is 0 Å². The molecule has 0 aliphatic heterocycles. The second-order valence-electron chi connectivity index (χ2n) is 3.24. The molecule has 0 spiro atoms. The maximum atomic E-state index is 11.6. The molecule has 16 heavy (non-hydrogen) atoms. The maximum Gasteiger partial charge on any atom is 0.319 e. The summed E-state index contributed by atoms with van der Waals surface area (Å²) in [6, 6.07) is 0. The number of hydrogen-bond donors (Lipinski definition) is 2. The molecule has 0 aliphatic rings. The number of carboxylic acids is 1. The lowest BCUT2D eigenvalue weighted by Gasteiger charge is -2.14. The predicted octanol–water partition coefficient (Wildman–Crippen LogP) is -0.641. The Hall–Kier alpha value is -0.950. The largest absolute Gasteiger partial charge is 0.480 e. The van der Waals surface area contributed by atoms with E-state index in [9.17, 15) is 13.8 Å². The summed E-state index contributed by atoms with van der Waals surface area (Å²) in [6.07, 6.45) is 0. The summed E-state index contributed by atoms with van der Waals surface area (Å²) in [5.74, 6) is -1.60. The number of rotatable bonds is 7. The molecule has 1 amide bonds. The van der Waals surface area contributed by atoms with Crippen LogP contribution in [-0.4, -0.2) is 52.0 Å². The van der Waals surface area contributed by atoms with E-state index in [4.69, 9.17) is 9.84 Å². The van der Waals surface area contributed by atoms with E-state index in [-0.39, 0.29) is 0 Å². The molecule has 0 saturated carbocycles. The fraction of sp³-hybridized carbons (Fsp3) is 0.778. The van der Waals surface area contributed by atoms with Gasteiger partial charge in [-0.2, -0.15) is 0 Å². The predicted molar refractivity (Wildman–Crippen MR) is 59.6 cm³/mol. The van der Waals surface area contributed by atoms with E-state index in [1.54, 1.807) is 0 Å². The van der Waals surface area contributed by atoms with E-state index >= 15 is 0 Å². The molecule has 2 N–H and O–H groups in total. The zero-order valence-electron chi connectivity index (χ0n) is 9.56. The quantitative estimate of drug-likeness (QED) is 0.587. The zero-order chi connectivity index (χ0) is 12.7. The van der Waals surface area contributed by atoms with Crippen molar-refractivity contribution >= 4 is 22.7 Å².